The van der Waals surface area contributed by atoms with Gasteiger partial charge in [0.25, 0.3) is 5.91 Å². The van der Waals surface area contributed by atoms with Crippen molar-refractivity contribution in [1.29, 1.82) is 0 Å². The highest BCUT2D eigenvalue weighted by Gasteiger charge is 2.31. The Morgan fingerprint density at radius 3 is 2.29 bits per heavy atom. The molecule has 0 heterocycles. The minimum Gasteiger partial charge on any atom is -0.351 e. The molecule has 1 amide bonds. The molecule has 0 saturated carbocycles. The number of rotatable bonds is 8. The zero-order valence-corrected chi connectivity index (χ0v) is 18.1. The summed E-state index contributed by atoms with van der Waals surface area (Å²) in [5.41, 5.74) is 6.52. The Kier molecular flexibility index (Phi) is 7.86. The number of anilines is 2. The number of benzene rings is 3. The Morgan fingerprint density at radius 2 is 1.62 bits per heavy atom. The average Bonchev–Trinajstić information content (AvgIpc) is 2.81. The van der Waals surface area contributed by atoms with E-state index in [2.05, 4.69) is 17.2 Å². The molecular weight excluding hydrogens is 446 g/mol. The molecule has 0 bridgehead atoms. The molecule has 0 aliphatic rings. The second-order valence-electron chi connectivity index (χ2n) is 7.54. The zero-order valence-electron chi connectivity index (χ0n) is 18.1. The topological polar surface area (TPSA) is 67.1 Å². The van der Waals surface area contributed by atoms with Crippen molar-refractivity contribution < 1.29 is 22.4 Å². The van der Waals surface area contributed by atoms with Gasteiger partial charge in [0.15, 0.2) is 0 Å². The molecule has 3 aromatic carbocycles. The number of amides is 1. The molecule has 176 valence electrons. The zero-order chi connectivity index (χ0) is 24.7. The summed E-state index contributed by atoms with van der Waals surface area (Å²) in [7, 11) is 0. The molecule has 0 atom stereocenters. The number of allylic oxidation sites excluding steroid dienone is 2. The molecule has 34 heavy (non-hydrogen) atoms. The van der Waals surface area contributed by atoms with Gasteiger partial charge in [0.2, 0.25) is 0 Å². The molecular formula is C26H23F4N3O. The standard InChI is InChI=1S/C26H23F4N3O/c1-17(26(28,29)30)12-24(32-21-9-5-8-20(14-21)16-31)25(34)33-23-15-19(10-11-22(23)27)13-18-6-3-2-4-7-18/h2-12,14-15,32H,1,13,16,31H2,(H,33,34)/b24-12-. The maximum absolute atomic E-state index is 14.4. The summed E-state index contributed by atoms with van der Waals surface area (Å²) >= 11 is 0. The van der Waals surface area contributed by atoms with E-state index in [4.69, 9.17) is 5.73 Å². The number of carbonyl (C=O) groups excluding carboxylic acids is 1. The van der Waals surface area contributed by atoms with Crippen molar-refractivity contribution in [3.63, 3.8) is 0 Å². The molecule has 0 fully saturated rings. The van der Waals surface area contributed by atoms with Crippen molar-refractivity contribution in [1.82, 2.24) is 0 Å². The Morgan fingerprint density at radius 1 is 0.912 bits per heavy atom. The number of nitrogens with one attached hydrogen (secondary N) is 2. The quantitative estimate of drug-likeness (QED) is 0.218. The van der Waals surface area contributed by atoms with Gasteiger partial charge in [0.1, 0.15) is 11.5 Å². The summed E-state index contributed by atoms with van der Waals surface area (Å²) < 4.78 is 53.7. The summed E-state index contributed by atoms with van der Waals surface area (Å²) in [6.45, 7) is 3.20. The van der Waals surface area contributed by atoms with E-state index in [1.165, 1.54) is 12.1 Å². The van der Waals surface area contributed by atoms with E-state index < -0.39 is 29.2 Å². The lowest BCUT2D eigenvalue weighted by Crippen LogP contribution is -2.22. The van der Waals surface area contributed by atoms with E-state index in [0.717, 1.165) is 11.1 Å². The minimum atomic E-state index is -4.74. The van der Waals surface area contributed by atoms with Crippen LogP contribution in [0.25, 0.3) is 0 Å². The Labute approximate surface area is 194 Å². The van der Waals surface area contributed by atoms with Gasteiger partial charge >= 0.3 is 6.18 Å². The van der Waals surface area contributed by atoms with Crippen LogP contribution in [-0.2, 0) is 17.8 Å². The first-order valence-electron chi connectivity index (χ1n) is 10.3. The van der Waals surface area contributed by atoms with Crippen LogP contribution in [0.4, 0.5) is 28.9 Å². The second kappa shape index (κ2) is 10.8. The highest BCUT2D eigenvalue weighted by molar-refractivity contribution is 6.06. The minimum absolute atomic E-state index is 0.153. The lowest BCUT2D eigenvalue weighted by Gasteiger charge is -2.15. The van der Waals surface area contributed by atoms with Crippen LogP contribution in [0.5, 0.6) is 0 Å². The van der Waals surface area contributed by atoms with Gasteiger partial charge in [-0.3, -0.25) is 4.79 Å². The Hall–Kier alpha value is -3.91. The van der Waals surface area contributed by atoms with Crippen molar-refractivity contribution in [3.05, 3.63) is 119 Å². The Bertz CT molecular complexity index is 1200. The smallest absolute Gasteiger partial charge is 0.351 e. The fraction of sp³-hybridized carbons (Fsp3) is 0.115. The van der Waals surface area contributed by atoms with Crippen LogP contribution < -0.4 is 16.4 Å². The first-order chi connectivity index (χ1) is 16.2. The normalized spacial score (nSPS) is 11.7. The highest BCUT2D eigenvalue weighted by atomic mass is 19.4. The van der Waals surface area contributed by atoms with Crippen LogP contribution in [-0.4, -0.2) is 12.1 Å². The molecule has 4 nitrogen and oxygen atoms in total. The van der Waals surface area contributed by atoms with Gasteiger partial charge in [-0.15, -0.1) is 0 Å². The van der Waals surface area contributed by atoms with Crippen LogP contribution in [0.2, 0.25) is 0 Å². The van der Waals surface area contributed by atoms with Crippen LogP contribution in [0, 0.1) is 5.82 Å². The number of nitrogens with two attached hydrogens (primary N) is 1. The van der Waals surface area contributed by atoms with E-state index in [0.29, 0.717) is 23.7 Å². The fourth-order valence-electron chi connectivity index (χ4n) is 3.15. The summed E-state index contributed by atoms with van der Waals surface area (Å²) in [5, 5.41) is 5.03. The van der Waals surface area contributed by atoms with Gasteiger partial charge in [-0.25, -0.2) is 4.39 Å². The predicted octanol–water partition coefficient (Wildman–Crippen LogP) is 5.93. The maximum atomic E-state index is 14.4. The summed E-state index contributed by atoms with van der Waals surface area (Å²) in [5.74, 6) is -1.68. The SMILES string of the molecule is C=C(/C=C(\Nc1cccc(CN)c1)C(=O)Nc1cc(Cc2ccccc2)ccc1F)C(F)(F)F. The van der Waals surface area contributed by atoms with Crippen LogP contribution in [0.15, 0.2) is 96.7 Å². The van der Waals surface area contributed by atoms with E-state index in [-0.39, 0.29) is 12.2 Å². The Balaban J connectivity index is 1.88. The van der Waals surface area contributed by atoms with Gasteiger partial charge in [0.05, 0.1) is 11.3 Å². The first kappa shape index (κ1) is 24.7. The van der Waals surface area contributed by atoms with E-state index in [1.807, 2.05) is 30.3 Å². The predicted molar refractivity (Wildman–Crippen MR) is 126 cm³/mol. The molecule has 0 radical (unpaired) electrons. The molecule has 3 rings (SSSR count). The van der Waals surface area contributed by atoms with Gasteiger partial charge in [-0.2, -0.15) is 13.2 Å². The monoisotopic (exact) mass is 469 g/mol. The van der Waals surface area contributed by atoms with Crippen molar-refractivity contribution in [2.24, 2.45) is 5.73 Å². The number of carbonyl (C=O) groups is 1. The van der Waals surface area contributed by atoms with E-state index >= 15 is 0 Å². The molecule has 8 heteroatoms. The molecule has 4 N–H and O–H groups in total. The molecule has 0 spiro atoms. The first-order valence-corrected chi connectivity index (χ1v) is 10.3. The van der Waals surface area contributed by atoms with Crippen LogP contribution in [0.3, 0.4) is 0 Å². The third kappa shape index (κ3) is 6.79. The maximum Gasteiger partial charge on any atom is 0.415 e. The van der Waals surface area contributed by atoms with Gasteiger partial charge in [0, 0.05) is 12.2 Å². The molecule has 0 aliphatic heterocycles. The molecule has 0 aliphatic carbocycles. The fourth-order valence-corrected chi connectivity index (χ4v) is 3.15. The summed E-state index contributed by atoms with van der Waals surface area (Å²) in [4.78, 5) is 12.9. The van der Waals surface area contributed by atoms with Crippen molar-refractivity contribution in [2.75, 3.05) is 10.6 Å². The van der Waals surface area contributed by atoms with Crippen molar-refractivity contribution in [3.8, 4) is 0 Å². The van der Waals surface area contributed by atoms with Crippen molar-refractivity contribution >= 4 is 17.3 Å². The summed E-state index contributed by atoms with van der Waals surface area (Å²) in [6, 6.07) is 20.2. The molecule has 3 aromatic rings. The lowest BCUT2D eigenvalue weighted by atomic mass is 10.0. The average molecular weight is 469 g/mol. The largest absolute Gasteiger partial charge is 0.415 e. The molecule has 0 unspecified atom stereocenters. The number of hydrogen-bond acceptors (Lipinski definition) is 3. The molecule has 0 aromatic heterocycles. The second-order valence-corrected chi connectivity index (χ2v) is 7.54. The van der Waals surface area contributed by atoms with Gasteiger partial charge < -0.3 is 16.4 Å². The van der Waals surface area contributed by atoms with Gasteiger partial charge in [-0.1, -0.05) is 55.1 Å². The van der Waals surface area contributed by atoms with Crippen LogP contribution >= 0.6 is 0 Å². The van der Waals surface area contributed by atoms with E-state index in [9.17, 15) is 22.4 Å². The molecule has 0 saturated heterocycles. The summed E-state index contributed by atoms with van der Waals surface area (Å²) in [6.07, 6.45) is -3.68. The lowest BCUT2D eigenvalue weighted by molar-refractivity contribution is -0.112. The van der Waals surface area contributed by atoms with Crippen LogP contribution in [0.1, 0.15) is 16.7 Å². The third-order valence-corrected chi connectivity index (χ3v) is 4.90. The number of halogens is 4. The number of hydrogen-bond donors (Lipinski definition) is 3. The van der Waals surface area contributed by atoms with E-state index in [1.54, 1.807) is 30.3 Å². The number of alkyl halides is 3. The highest BCUT2D eigenvalue weighted by Crippen LogP contribution is 2.27. The van der Waals surface area contributed by atoms with Crippen molar-refractivity contribution in [2.45, 2.75) is 19.1 Å². The van der Waals surface area contributed by atoms with Gasteiger partial charge in [-0.05, 0) is 53.5 Å². The third-order valence-electron chi connectivity index (χ3n) is 4.90.